The van der Waals surface area contributed by atoms with Crippen LogP contribution in [0.3, 0.4) is 0 Å². The van der Waals surface area contributed by atoms with Crippen molar-refractivity contribution in [2.45, 2.75) is 38.6 Å². The van der Waals surface area contributed by atoms with Crippen LogP contribution in [0.1, 0.15) is 32.6 Å². The molecule has 1 aliphatic heterocycles. The molecule has 4 heteroatoms. The lowest BCUT2D eigenvalue weighted by atomic mass is 9.95. The Hall–Kier alpha value is -0.350. The number of thiocarbonyl (C=S) groups is 1. The summed E-state index contributed by atoms with van der Waals surface area (Å²) in [6.45, 7) is 7.92. The minimum atomic E-state index is 0.681. The van der Waals surface area contributed by atoms with Gasteiger partial charge in [-0.15, -0.1) is 0 Å². The highest BCUT2D eigenvalue weighted by molar-refractivity contribution is 7.80. The van der Waals surface area contributed by atoms with Crippen LogP contribution in [0.5, 0.6) is 0 Å². The maximum atomic E-state index is 5.60. The van der Waals surface area contributed by atoms with Crippen molar-refractivity contribution in [3.8, 4) is 0 Å². The van der Waals surface area contributed by atoms with Gasteiger partial charge >= 0.3 is 0 Å². The number of piperazine rings is 1. The van der Waals surface area contributed by atoms with Gasteiger partial charge < -0.3 is 15.1 Å². The largest absolute Gasteiger partial charge is 0.360 e. The summed E-state index contributed by atoms with van der Waals surface area (Å²) in [5.41, 5.74) is 0. The number of rotatable bonds is 2. The fourth-order valence-corrected chi connectivity index (χ4v) is 4.27. The molecule has 3 fully saturated rings. The molecule has 3 nitrogen and oxygen atoms in total. The van der Waals surface area contributed by atoms with E-state index in [4.69, 9.17) is 12.2 Å². The van der Waals surface area contributed by atoms with E-state index in [1.165, 1.54) is 32.2 Å². The number of likely N-dealkylation sites (N-methyl/N-ethyl adjacent to an activating group) is 1. The molecule has 0 radical (unpaired) electrons. The molecule has 0 spiro atoms. The van der Waals surface area contributed by atoms with Gasteiger partial charge in [-0.1, -0.05) is 13.3 Å². The maximum Gasteiger partial charge on any atom is 0.169 e. The van der Waals surface area contributed by atoms with Crippen molar-refractivity contribution in [1.29, 1.82) is 0 Å². The first-order chi connectivity index (χ1) is 8.76. The minimum Gasteiger partial charge on any atom is -0.360 e. The van der Waals surface area contributed by atoms with E-state index in [1.54, 1.807) is 0 Å². The van der Waals surface area contributed by atoms with Crippen LogP contribution in [-0.2, 0) is 0 Å². The van der Waals surface area contributed by atoms with Crippen molar-refractivity contribution in [3.05, 3.63) is 0 Å². The molecule has 1 saturated heterocycles. The minimum absolute atomic E-state index is 0.681. The Labute approximate surface area is 116 Å². The second-order valence-corrected chi connectivity index (χ2v) is 6.54. The summed E-state index contributed by atoms with van der Waals surface area (Å²) >= 11 is 5.60. The van der Waals surface area contributed by atoms with Gasteiger partial charge in [0.05, 0.1) is 0 Å². The van der Waals surface area contributed by atoms with E-state index >= 15 is 0 Å². The fourth-order valence-electron chi connectivity index (χ4n) is 3.94. The summed E-state index contributed by atoms with van der Waals surface area (Å²) in [5, 5.41) is 4.67. The Morgan fingerprint density at radius 2 is 1.94 bits per heavy atom. The molecule has 2 saturated carbocycles. The molecular weight excluding hydrogens is 242 g/mol. The first-order valence-electron chi connectivity index (χ1n) is 7.54. The molecule has 0 aromatic carbocycles. The molecule has 102 valence electrons. The fraction of sp³-hybridized carbons (Fsp3) is 0.929. The summed E-state index contributed by atoms with van der Waals surface area (Å²) in [6, 6.07) is 0.681. The lowest BCUT2D eigenvalue weighted by Gasteiger charge is -2.37. The van der Waals surface area contributed by atoms with Gasteiger partial charge in [-0.05, 0) is 49.9 Å². The van der Waals surface area contributed by atoms with Crippen molar-refractivity contribution in [2.75, 3.05) is 32.7 Å². The zero-order valence-electron chi connectivity index (χ0n) is 11.4. The van der Waals surface area contributed by atoms with E-state index < -0.39 is 0 Å². The van der Waals surface area contributed by atoms with Crippen LogP contribution >= 0.6 is 12.2 Å². The second-order valence-electron chi connectivity index (χ2n) is 6.15. The molecule has 0 aromatic rings. The molecule has 0 amide bonds. The van der Waals surface area contributed by atoms with E-state index in [2.05, 4.69) is 22.0 Å². The van der Waals surface area contributed by atoms with Gasteiger partial charge in [-0.25, -0.2) is 0 Å². The predicted octanol–water partition coefficient (Wildman–Crippen LogP) is 1.69. The normalized spacial score (nSPS) is 36.1. The monoisotopic (exact) mass is 267 g/mol. The molecule has 2 bridgehead atoms. The van der Waals surface area contributed by atoms with Gasteiger partial charge in [-0.3, -0.25) is 0 Å². The highest BCUT2D eigenvalue weighted by Gasteiger charge is 2.40. The molecule has 0 aromatic heterocycles. The van der Waals surface area contributed by atoms with E-state index in [0.717, 1.165) is 43.1 Å². The lowest BCUT2D eigenvalue weighted by Crippen LogP contribution is -2.53. The number of fused-ring (bicyclic) bond motifs is 2. The molecule has 2 aliphatic carbocycles. The van der Waals surface area contributed by atoms with E-state index in [0.29, 0.717) is 6.04 Å². The van der Waals surface area contributed by atoms with Crippen LogP contribution in [0.2, 0.25) is 0 Å². The molecule has 3 aliphatic rings. The summed E-state index contributed by atoms with van der Waals surface area (Å²) in [6.07, 6.45) is 5.70. The van der Waals surface area contributed by atoms with Crippen LogP contribution in [0, 0.1) is 11.8 Å². The van der Waals surface area contributed by atoms with Crippen molar-refractivity contribution in [2.24, 2.45) is 11.8 Å². The highest BCUT2D eigenvalue weighted by Crippen LogP contribution is 2.44. The van der Waals surface area contributed by atoms with Crippen LogP contribution < -0.4 is 5.32 Å². The van der Waals surface area contributed by atoms with Crippen LogP contribution in [-0.4, -0.2) is 53.7 Å². The van der Waals surface area contributed by atoms with Gasteiger partial charge in [-0.2, -0.15) is 0 Å². The predicted molar refractivity (Wildman–Crippen MR) is 78.7 cm³/mol. The molecule has 18 heavy (non-hydrogen) atoms. The number of nitrogens with one attached hydrogen (secondary N) is 1. The van der Waals surface area contributed by atoms with Crippen LogP contribution in [0.4, 0.5) is 0 Å². The zero-order valence-corrected chi connectivity index (χ0v) is 12.2. The first-order valence-corrected chi connectivity index (χ1v) is 7.95. The summed E-state index contributed by atoms with van der Waals surface area (Å²) < 4.78 is 0. The SMILES string of the molecule is CCN1CCN(C(=S)N[C@H]2C[C@H]3CC[C@H]2C3)CC1. The first kappa shape index (κ1) is 12.7. The summed E-state index contributed by atoms with van der Waals surface area (Å²) in [7, 11) is 0. The Bertz CT molecular complexity index is 312. The smallest absolute Gasteiger partial charge is 0.169 e. The van der Waals surface area contributed by atoms with E-state index in [1.807, 2.05) is 0 Å². The van der Waals surface area contributed by atoms with Gasteiger partial charge in [0.15, 0.2) is 5.11 Å². The van der Waals surface area contributed by atoms with Gasteiger partial charge in [0, 0.05) is 32.2 Å². The Kier molecular flexibility index (Phi) is 3.76. The zero-order chi connectivity index (χ0) is 12.5. The summed E-state index contributed by atoms with van der Waals surface area (Å²) in [5.74, 6) is 1.90. The third kappa shape index (κ3) is 2.50. The lowest BCUT2D eigenvalue weighted by molar-refractivity contribution is 0.187. The molecule has 3 atom stereocenters. The Morgan fingerprint density at radius 1 is 1.17 bits per heavy atom. The van der Waals surface area contributed by atoms with E-state index in [9.17, 15) is 0 Å². The molecular formula is C14H25N3S. The Balaban J connectivity index is 1.47. The number of hydrogen-bond acceptors (Lipinski definition) is 2. The van der Waals surface area contributed by atoms with Crippen molar-refractivity contribution < 1.29 is 0 Å². The van der Waals surface area contributed by atoms with Crippen LogP contribution in [0.15, 0.2) is 0 Å². The quantitative estimate of drug-likeness (QED) is 0.767. The van der Waals surface area contributed by atoms with E-state index in [-0.39, 0.29) is 0 Å². The average molecular weight is 267 g/mol. The third-order valence-corrected chi connectivity index (χ3v) is 5.53. The topological polar surface area (TPSA) is 18.5 Å². The standard InChI is InChI=1S/C14H25N3S/c1-2-16-5-7-17(8-6-16)14(18)15-13-10-11-3-4-12(13)9-11/h11-13H,2-10H2,1H3,(H,15,18)/t11-,12-,13-/m0/s1. The molecule has 0 unspecified atom stereocenters. The number of hydrogen-bond donors (Lipinski definition) is 1. The van der Waals surface area contributed by atoms with Gasteiger partial charge in [0.1, 0.15) is 0 Å². The highest BCUT2D eigenvalue weighted by atomic mass is 32.1. The second kappa shape index (κ2) is 5.33. The number of nitrogens with zero attached hydrogens (tertiary/aromatic N) is 2. The van der Waals surface area contributed by atoms with Crippen LogP contribution in [0.25, 0.3) is 0 Å². The maximum absolute atomic E-state index is 5.60. The molecule has 1 N–H and O–H groups in total. The third-order valence-electron chi connectivity index (χ3n) is 5.15. The van der Waals surface area contributed by atoms with Crippen molar-refractivity contribution >= 4 is 17.3 Å². The van der Waals surface area contributed by atoms with Gasteiger partial charge in [0.25, 0.3) is 0 Å². The average Bonchev–Trinajstić information content (AvgIpc) is 3.01. The molecule has 1 heterocycles. The molecule has 3 rings (SSSR count). The Morgan fingerprint density at radius 3 is 2.50 bits per heavy atom. The summed E-state index contributed by atoms with van der Waals surface area (Å²) in [4.78, 5) is 4.87. The van der Waals surface area contributed by atoms with Crippen molar-refractivity contribution in [3.63, 3.8) is 0 Å². The van der Waals surface area contributed by atoms with Gasteiger partial charge in [0.2, 0.25) is 0 Å². The van der Waals surface area contributed by atoms with Crippen molar-refractivity contribution in [1.82, 2.24) is 15.1 Å².